The second-order valence-corrected chi connectivity index (χ2v) is 5.00. The van der Waals surface area contributed by atoms with Gasteiger partial charge in [0.15, 0.2) is 0 Å². The molecule has 0 saturated carbocycles. The molecule has 0 bridgehead atoms. The maximum absolute atomic E-state index is 12.0. The van der Waals surface area contributed by atoms with E-state index in [1.165, 1.54) is 12.1 Å². The third-order valence-corrected chi connectivity index (χ3v) is 3.18. The quantitative estimate of drug-likeness (QED) is 0.497. The molecule has 0 amide bonds. The number of Topliss-reactive ketones (excluding diaryl/α,β-unsaturated/α-hetero) is 2. The highest BCUT2D eigenvalue weighted by molar-refractivity contribution is 6.45. The number of hydrogen-bond acceptors (Lipinski definition) is 4. The molecule has 21 heavy (non-hydrogen) atoms. The topological polar surface area (TPSA) is 74.6 Å². The average molecular weight is 284 g/mol. The fourth-order valence-electron chi connectivity index (χ4n) is 1.98. The Bertz CT molecular complexity index is 642. The van der Waals surface area contributed by atoms with Crippen molar-refractivity contribution in [3.8, 4) is 0 Å². The Morgan fingerprint density at radius 3 is 2.10 bits per heavy atom. The first kappa shape index (κ1) is 15.1. The molecule has 2 aromatic carbocycles. The van der Waals surface area contributed by atoms with Crippen LogP contribution in [0.3, 0.4) is 0 Å². The Morgan fingerprint density at radius 2 is 1.52 bits per heavy atom. The Balaban J connectivity index is 2.17. The number of benzene rings is 2. The second-order valence-electron chi connectivity index (χ2n) is 5.00. The molecule has 0 aliphatic carbocycles. The molecular formula is C17H16O4. The molecule has 108 valence electrons. The highest BCUT2D eigenvalue weighted by atomic mass is 16.5. The van der Waals surface area contributed by atoms with Crippen molar-refractivity contribution in [2.45, 2.75) is 19.1 Å². The van der Waals surface area contributed by atoms with Gasteiger partial charge in [-0.25, -0.2) is 0 Å². The first-order valence-corrected chi connectivity index (χ1v) is 6.54. The van der Waals surface area contributed by atoms with Crippen molar-refractivity contribution in [1.82, 2.24) is 0 Å². The molecule has 2 aromatic rings. The highest BCUT2D eigenvalue weighted by Crippen LogP contribution is 2.15. The Hall–Kier alpha value is -2.30. The summed E-state index contributed by atoms with van der Waals surface area (Å²) in [5, 5.41) is 19.8. The molecule has 2 N–H and O–H groups in total. The predicted molar refractivity (Wildman–Crippen MR) is 77.8 cm³/mol. The molecule has 0 aromatic heterocycles. The molecule has 0 aliphatic rings. The van der Waals surface area contributed by atoms with Gasteiger partial charge in [0.25, 0.3) is 5.78 Å². The summed E-state index contributed by atoms with van der Waals surface area (Å²) >= 11 is 0. The van der Waals surface area contributed by atoms with Gasteiger partial charge in [-0.05, 0) is 12.5 Å². The van der Waals surface area contributed by atoms with E-state index in [9.17, 15) is 19.8 Å². The first-order valence-electron chi connectivity index (χ1n) is 6.54. The van der Waals surface area contributed by atoms with E-state index in [2.05, 4.69) is 0 Å². The summed E-state index contributed by atoms with van der Waals surface area (Å²) < 4.78 is 0. The smallest absolute Gasteiger partial charge is 0.262 e. The number of aliphatic hydroxyl groups is 2. The largest absolute Gasteiger partial charge is 0.359 e. The third-order valence-electron chi connectivity index (χ3n) is 3.18. The normalized spacial score (nSPS) is 11.2. The van der Waals surface area contributed by atoms with E-state index in [-0.39, 0.29) is 12.0 Å². The molecule has 0 fully saturated rings. The van der Waals surface area contributed by atoms with Crippen LogP contribution in [0, 0.1) is 6.92 Å². The van der Waals surface area contributed by atoms with Crippen LogP contribution < -0.4 is 0 Å². The van der Waals surface area contributed by atoms with E-state index in [4.69, 9.17) is 0 Å². The van der Waals surface area contributed by atoms with Gasteiger partial charge in [0.2, 0.25) is 11.6 Å². The first-order chi connectivity index (χ1) is 9.90. The van der Waals surface area contributed by atoms with Crippen LogP contribution >= 0.6 is 0 Å². The molecule has 0 spiro atoms. The van der Waals surface area contributed by atoms with Crippen molar-refractivity contribution in [1.29, 1.82) is 0 Å². The fourth-order valence-corrected chi connectivity index (χ4v) is 1.98. The third kappa shape index (κ3) is 3.62. The molecule has 4 heteroatoms. The van der Waals surface area contributed by atoms with Crippen LogP contribution in [-0.4, -0.2) is 27.6 Å². The molecular weight excluding hydrogens is 268 g/mol. The number of rotatable bonds is 5. The maximum Gasteiger partial charge on any atom is 0.262 e. The second kappa shape index (κ2) is 5.99. The van der Waals surface area contributed by atoms with Crippen molar-refractivity contribution < 1.29 is 19.8 Å². The molecule has 0 heterocycles. The Morgan fingerprint density at radius 1 is 0.952 bits per heavy atom. The van der Waals surface area contributed by atoms with Crippen LogP contribution in [0.2, 0.25) is 0 Å². The van der Waals surface area contributed by atoms with Crippen molar-refractivity contribution in [2.75, 3.05) is 0 Å². The summed E-state index contributed by atoms with van der Waals surface area (Å²) in [6, 6.07) is 14.9. The van der Waals surface area contributed by atoms with Gasteiger partial charge in [0.05, 0.1) is 0 Å². The zero-order valence-corrected chi connectivity index (χ0v) is 11.6. The number of aryl methyl sites for hydroxylation is 1. The lowest BCUT2D eigenvalue weighted by atomic mass is 9.95. The molecule has 2 rings (SSSR count). The summed E-state index contributed by atoms with van der Waals surface area (Å²) in [6.45, 7) is 1.86. The van der Waals surface area contributed by atoms with Gasteiger partial charge in [0, 0.05) is 12.0 Å². The maximum atomic E-state index is 12.0. The van der Waals surface area contributed by atoms with Crippen LogP contribution in [0.15, 0.2) is 54.6 Å². The standard InChI is InChI=1S/C17H16O4/c1-12-7-9-14(10-8-12)15(18)16(19)17(20,21)11-13-5-3-2-4-6-13/h2-10,20-21H,11H2,1H3. The number of ketones is 2. The van der Waals surface area contributed by atoms with E-state index in [0.29, 0.717) is 5.56 Å². The van der Waals surface area contributed by atoms with Crippen molar-refractivity contribution in [3.63, 3.8) is 0 Å². The average Bonchev–Trinajstić information content (AvgIpc) is 2.47. The fraction of sp³-hybridized carbons (Fsp3) is 0.176. The number of carbonyl (C=O) groups excluding carboxylic acids is 2. The zero-order valence-electron chi connectivity index (χ0n) is 11.6. The Labute approximate surface area is 122 Å². The van der Waals surface area contributed by atoms with Gasteiger partial charge in [-0.2, -0.15) is 0 Å². The van der Waals surface area contributed by atoms with Gasteiger partial charge < -0.3 is 10.2 Å². The van der Waals surface area contributed by atoms with E-state index in [1.807, 2.05) is 6.92 Å². The number of carbonyl (C=O) groups is 2. The van der Waals surface area contributed by atoms with E-state index in [1.54, 1.807) is 42.5 Å². The van der Waals surface area contributed by atoms with Crippen molar-refractivity contribution in [2.24, 2.45) is 0 Å². The summed E-state index contributed by atoms with van der Waals surface area (Å²) in [4.78, 5) is 24.0. The van der Waals surface area contributed by atoms with Crippen LogP contribution in [0.25, 0.3) is 0 Å². The molecule has 0 aliphatic heterocycles. The SMILES string of the molecule is Cc1ccc(C(=O)C(=O)C(O)(O)Cc2ccccc2)cc1. The summed E-state index contributed by atoms with van der Waals surface area (Å²) in [6.07, 6.45) is -0.329. The molecule has 0 saturated heterocycles. The minimum Gasteiger partial charge on any atom is -0.359 e. The van der Waals surface area contributed by atoms with Crippen LogP contribution in [0.5, 0.6) is 0 Å². The molecule has 4 nitrogen and oxygen atoms in total. The van der Waals surface area contributed by atoms with Crippen LogP contribution in [-0.2, 0) is 11.2 Å². The monoisotopic (exact) mass is 284 g/mol. The number of hydrogen-bond donors (Lipinski definition) is 2. The highest BCUT2D eigenvalue weighted by Gasteiger charge is 2.38. The van der Waals surface area contributed by atoms with E-state index < -0.39 is 17.4 Å². The van der Waals surface area contributed by atoms with Crippen molar-refractivity contribution >= 4 is 11.6 Å². The van der Waals surface area contributed by atoms with Crippen LogP contribution in [0.1, 0.15) is 21.5 Å². The van der Waals surface area contributed by atoms with Crippen LogP contribution in [0.4, 0.5) is 0 Å². The Kier molecular flexibility index (Phi) is 4.31. The minimum atomic E-state index is -2.71. The lowest BCUT2D eigenvalue weighted by Crippen LogP contribution is -2.45. The molecule has 0 atom stereocenters. The summed E-state index contributed by atoms with van der Waals surface area (Å²) in [7, 11) is 0. The van der Waals surface area contributed by atoms with Gasteiger partial charge in [-0.15, -0.1) is 0 Å². The van der Waals surface area contributed by atoms with Gasteiger partial charge in [-0.3, -0.25) is 9.59 Å². The lowest BCUT2D eigenvalue weighted by Gasteiger charge is -2.19. The van der Waals surface area contributed by atoms with Gasteiger partial charge >= 0.3 is 0 Å². The van der Waals surface area contributed by atoms with Crippen molar-refractivity contribution in [3.05, 3.63) is 71.3 Å². The van der Waals surface area contributed by atoms with Gasteiger partial charge in [-0.1, -0.05) is 60.2 Å². The van der Waals surface area contributed by atoms with Gasteiger partial charge in [0.1, 0.15) is 0 Å². The van der Waals surface area contributed by atoms with E-state index in [0.717, 1.165) is 5.56 Å². The lowest BCUT2D eigenvalue weighted by molar-refractivity contribution is -0.176. The summed E-state index contributed by atoms with van der Waals surface area (Å²) in [5.74, 6) is -4.84. The summed E-state index contributed by atoms with van der Waals surface area (Å²) in [5.41, 5.74) is 1.65. The predicted octanol–water partition coefficient (Wildman–Crippen LogP) is 1.67. The molecule has 0 unspecified atom stereocenters. The molecule has 0 radical (unpaired) electrons. The minimum absolute atomic E-state index is 0.145. The van der Waals surface area contributed by atoms with E-state index >= 15 is 0 Å². The zero-order chi connectivity index (χ0) is 15.5.